The lowest BCUT2D eigenvalue weighted by atomic mass is 9.80. The van der Waals surface area contributed by atoms with Crippen LogP contribution in [-0.2, 0) is 16.1 Å². The minimum Gasteiger partial charge on any atom is -0.445 e. The number of ketones is 1. The van der Waals surface area contributed by atoms with Crippen molar-refractivity contribution in [2.75, 3.05) is 0 Å². The van der Waals surface area contributed by atoms with Crippen LogP contribution >= 0.6 is 0 Å². The molecule has 3 rings (SSSR count). The zero-order valence-electron chi connectivity index (χ0n) is 13.7. The molecule has 0 spiro atoms. The van der Waals surface area contributed by atoms with E-state index in [-0.39, 0.29) is 24.3 Å². The van der Waals surface area contributed by atoms with Crippen LogP contribution in [-0.4, -0.2) is 17.9 Å². The molecule has 0 aliphatic heterocycles. The monoisotopic (exact) mass is 315 g/mol. The molecular weight excluding hydrogens is 290 g/mol. The van der Waals surface area contributed by atoms with Gasteiger partial charge in [-0.25, -0.2) is 4.79 Å². The number of amides is 1. The molecule has 1 aromatic carbocycles. The largest absolute Gasteiger partial charge is 0.445 e. The highest BCUT2D eigenvalue weighted by Crippen LogP contribution is 2.32. The maximum absolute atomic E-state index is 11.7. The molecular formula is C19H25NO3. The van der Waals surface area contributed by atoms with Crippen LogP contribution in [0.4, 0.5) is 4.79 Å². The molecule has 0 radical (unpaired) electrons. The predicted octanol–water partition coefficient (Wildman–Crippen LogP) is 3.94. The highest BCUT2D eigenvalue weighted by molar-refractivity contribution is 5.93. The number of carbonyl (C=O) groups is 2. The van der Waals surface area contributed by atoms with Crippen molar-refractivity contribution < 1.29 is 14.3 Å². The van der Waals surface area contributed by atoms with Gasteiger partial charge in [-0.05, 0) is 35.8 Å². The van der Waals surface area contributed by atoms with Crippen molar-refractivity contribution in [3.05, 3.63) is 35.4 Å². The standard InChI is InChI=1S/C19H25NO3/c1-13-11-17(21)18(13)20-19(22)23-12-14-7-9-16(10-8-14)15-5-3-2-4-6-15/h7-10,13,15,18H,2-6,11-12H2,1H3,(H,20,22)/t13-,18+/m1/s1. The average molecular weight is 315 g/mol. The minimum absolute atomic E-state index is 0.0892. The second-order valence-electron chi connectivity index (χ2n) is 6.92. The van der Waals surface area contributed by atoms with Crippen LogP contribution < -0.4 is 5.32 Å². The van der Waals surface area contributed by atoms with Crippen molar-refractivity contribution in [1.29, 1.82) is 0 Å². The van der Waals surface area contributed by atoms with E-state index < -0.39 is 6.09 Å². The highest BCUT2D eigenvalue weighted by atomic mass is 16.5. The summed E-state index contributed by atoms with van der Waals surface area (Å²) < 4.78 is 5.21. The normalized spacial score (nSPS) is 24.8. The lowest BCUT2D eigenvalue weighted by Crippen LogP contribution is -2.53. The zero-order valence-corrected chi connectivity index (χ0v) is 13.7. The first-order valence-electron chi connectivity index (χ1n) is 8.68. The SMILES string of the molecule is C[C@@H]1CC(=O)[C@H]1NC(=O)OCc1ccc(C2CCCCC2)cc1. The molecule has 2 fully saturated rings. The summed E-state index contributed by atoms with van der Waals surface area (Å²) in [5, 5.41) is 2.64. The van der Waals surface area contributed by atoms with E-state index >= 15 is 0 Å². The summed E-state index contributed by atoms with van der Waals surface area (Å²) >= 11 is 0. The molecule has 0 saturated heterocycles. The van der Waals surface area contributed by atoms with Gasteiger partial charge in [-0.1, -0.05) is 50.5 Å². The van der Waals surface area contributed by atoms with Gasteiger partial charge in [0.05, 0.1) is 6.04 Å². The van der Waals surface area contributed by atoms with Crippen molar-refractivity contribution in [2.24, 2.45) is 5.92 Å². The van der Waals surface area contributed by atoms with Crippen LogP contribution in [0.2, 0.25) is 0 Å². The van der Waals surface area contributed by atoms with Gasteiger partial charge in [0.2, 0.25) is 0 Å². The molecule has 4 heteroatoms. The third-order valence-electron chi connectivity index (χ3n) is 5.14. The molecule has 2 saturated carbocycles. The maximum Gasteiger partial charge on any atom is 0.408 e. The summed E-state index contributed by atoms with van der Waals surface area (Å²) in [6.45, 7) is 2.20. The van der Waals surface area contributed by atoms with Crippen molar-refractivity contribution in [3.63, 3.8) is 0 Å². The number of Topliss-reactive ketones (excluding diaryl/α,β-unsaturated/α-hetero) is 1. The van der Waals surface area contributed by atoms with Crippen molar-refractivity contribution in [2.45, 2.75) is 64.0 Å². The molecule has 0 unspecified atom stereocenters. The molecule has 2 atom stereocenters. The van der Waals surface area contributed by atoms with Gasteiger partial charge in [0.25, 0.3) is 0 Å². The third kappa shape index (κ3) is 3.92. The van der Waals surface area contributed by atoms with Gasteiger partial charge in [0.15, 0.2) is 5.78 Å². The molecule has 1 aromatic rings. The van der Waals surface area contributed by atoms with E-state index in [1.54, 1.807) is 0 Å². The summed E-state index contributed by atoms with van der Waals surface area (Å²) in [5.74, 6) is 0.990. The first kappa shape index (κ1) is 16.0. The summed E-state index contributed by atoms with van der Waals surface area (Å²) in [6, 6.07) is 8.02. The molecule has 2 aliphatic carbocycles. The number of ether oxygens (including phenoxy) is 1. The Morgan fingerprint density at radius 3 is 2.48 bits per heavy atom. The predicted molar refractivity (Wildman–Crippen MR) is 88.2 cm³/mol. The highest BCUT2D eigenvalue weighted by Gasteiger charge is 2.37. The van der Waals surface area contributed by atoms with Gasteiger partial charge in [-0.15, -0.1) is 0 Å². The molecule has 124 valence electrons. The van der Waals surface area contributed by atoms with E-state index in [1.165, 1.54) is 37.7 Å². The van der Waals surface area contributed by atoms with Gasteiger partial charge in [-0.3, -0.25) is 4.79 Å². The molecule has 1 amide bonds. The van der Waals surface area contributed by atoms with E-state index in [0.29, 0.717) is 12.3 Å². The Morgan fingerprint density at radius 1 is 1.17 bits per heavy atom. The summed E-state index contributed by atoms with van der Waals surface area (Å²) in [7, 11) is 0. The Hall–Kier alpha value is -1.84. The summed E-state index contributed by atoms with van der Waals surface area (Å²) in [5.41, 5.74) is 2.37. The Morgan fingerprint density at radius 2 is 1.87 bits per heavy atom. The number of hydrogen-bond donors (Lipinski definition) is 1. The van der Waals surface area contributed by atoms with Gasteiger partial charge >= 0.3 is 6.09 Å². The van der Waals surface area contributed by atoms with Crippen LogP contribution in [0.3, 0.4) is 0 Å². The molecule has 1 N–H and O–H groups in total. The molecule has 0 heterocycles. The smallest absolute Gasteiger partial charge is 0.408 e. The van der Waals surface area contributed by atoms with Gasteiger partial charge in [0.1, 0.15) is 6.61 Å². The first-order valence-corrected chi connectivity index (χ1v) is 8.68. The van der Waals surface area contributed by atoms with E-state index in [9.17, 15) is 9.59 Å². The number of carbonyl (C=O) groups excluding carboxylic acids is 2. The fourth-order valence-electron chi connectivity index (χ4n) is 3.58. The lowest BCUT2D eigenvalue weighted by molar-refractivity contribution is -0.129. The molecule has 2 aliphatic rings. The van der Waals surface area contributed by atoms with Crippen molar-refractivity contribution in [1.82, 2.24) is 5.32 Å². The van der Waals surface area contributed by atoms with Crippen LogP contribution in [0.15, 0.2) is 24.3 Å². The number of rotatable bonds is 4. The molecule has 23 heavy (non-hydrogen) atoms. The molecule has 0 aromatic heterocycles. The van der Waals surface area contributed by atoms with Crippen LogP contribution in [0, 0.1) is 5.92 Å². The second-order valence-corrected chi connectivity index (χ2v) is 6.92. The van der Waals surface area contributed by atoms with E-state index in [0.717, 1.165) is 5.56 Å². The van der Waals surface area contributed by atoms with Crippen LogP contribution in [0.1, 0.15) is 62.5 Å². The fourth-order valence-corrected chi connectivity index (χ4v) is 3.58. The van der Waals surface area contributed by atoms with Crippen molar-refractivity contribution in [3.8, 4) is 0 Å². The maximum atomic E-state index is 11.7. The quantitative estimate of drug-likeness (QED) is 0.915. The number of hydrogen-bond acceptors (Lipinski definition) is 3. The van der Waals surface area contributed by atoms with E-state index in [1.807, 2.05) is 19.1 Å². The molecule has 4 nitrogen and oxygen atoms in total. The van der Waals surface area contributed by atoms with Gasteiger partial charge in [0, 0.05) is 6.42 Å². The van der Waals surface area contributed by atoms with Crippen molar-refractivity contribution >= 4 is 11.9 Å². The summed E-state index contributed by atoms with van der Waals surface area (Å²) in [4.78, 5) is 23.1. The number of benzene rings is 1. The topological polar surface area (TPSA) is 55.4 Å². The Kier molecular flexibility index (Phi) is 4.99. The van der Waals surface area contributed by atoms with E-state index in [4.69, 9.17) is 4.74 Å². The number of alkyl carbamates (subject to hydrolysis) is 1. The minimum atomic E-state index is -0.508. The fraction of sp³-hybridized carbons (Fsp3) is 0.579. The Bertz CT molecular complexity index is 560. The lowest BCUT2D eigenvalue weighted by Gasteiger charge is -2.32. The summed E-state index contributed by atoms with van der Waals surface area (Å²) in [6.07, 6.45) is 6.62. The molecule has 0 bridgehead atoms. The number of nitrogens with one attached hydrogen (secondary N) is 1. The van der Waals surface area contributed by atoms with Crippen LogP contribution in [0.5, 0.6) is 0 Å². The average Bonchev–Trinajstić information content (AvgIpc) is 2.59. The Balaban J connectivity index is 1.46. The second kappa shape index (κ2) is 7.16. The third-order valence-corrected chi connectivity index (χ3v) is 5.14. The first-order chi connectivity index (χ1) is 11.1. The Labute approximate surface area is 137 Å². The van der Waals surface area contributed by atoms with Gasteiger partial charge < -0.3 is 10.1 Å². The van der Waals surface area contributed by atoms with Gasteiger partial charge in [-0.2, -0.15) is 0 Å². The van der Waals surface area contributed by atoms with Crippen LogP contribution in [0.25, 0.3) is 0 Å². The zero-order chi connectivity index (χ0) is 16.2. The van der Waals surface area contributed by atoms with E-state index in [2.05, 4.69) is 17.4 Å².